The molecular weight excluding hydrogens is 366 g/mol. The fourth-order valence-corrected chi connectivity index (χ4v) is 3.42. The molecule has 1 aliphatic heterocycles. The van der Waals surface area contributed by atoms with Crippen LogP contribution in [0, 0.1) is 0 Å². The maximum absolute atomic E-state index is 13.2. The molecule has 0 aromatic heterocycles. The van der Waals surface area contributed by atoms with E-state index in [1.54, 1.807) is 17.0 Å². The summed E-state index contributed by atoms with van der Waals surface area (Å²) in [5, 5.41) is 0. The van der Waals surface area contributed by atoms with E-state index >= 15 is 0 Å². The molecule has 1 fully saturated rings. The molecule has 0 saturated carbocycles. The molecule has 0 bridgehead atoms. The summed E-state index contributed by atoms with van der Waals surface area (Å²) < 4.78 is 11.4. The molecule has 0 radical (unpaired) electrons. The Balaban J connectivity index is 1.71. The molecule has 0 spiro atoms. The van der Waals surface area contributed by atoms with Crippen LogP contribution in [0.2, 0.25) is 0 Å². The lowest BCUT2D eigenvalue weighted by Gasteiger charge is -2.35. The quantitative estimate of drug-likeness (QED) is 0.650. The number of hydrogen-bond acceptors (Lipinski definition) is 4. The van der Waals surface area contributed by atoms with Crippen LogP contribution in [0.25, 0.3) is 0 Å². The highest BCUT2D eigenvalue weighted by atomic mass is 16.6. The predicted octanol–water partition coefficient (Wildman–Crippen LogP) is 5.24. The second-order valence-electron chi connectivity index (χ2n) is 8.35. The van der Waals surface area contributed by atoms with E-state index < -0.39 is 17.7 Å². The van der Waals surface area contributed by atoms with Crippen molar-refractivity contribution in [3.8, 4) is 5.75 Å². The van der Waals surface area contributed by atoms with Gasteiger partial charge in [-0.1, -0.05) is 42.5 Å². The van der Waals surface area contributed by atoms with E-state index in [0.717, 1.165) is 18.4 Å². The van der Waals surface area contributed by atoms with Crippen molar-refractivity contribution in [1.29, 1.82) is 0 Å². The van der Waals surface area contributed by atoms with E-state index in [2.05, 4.69) is 0 Å². The van der Waals surface area contributed by atoms with Gasteiger partial charge >= 0.3 is 6.09 Å². The standard InChI is InChI=1S/C24H29NO4/c1-24(2,3)29-23(27)25-15-8-7-14-21(25)22(26)19-12-9-13-20(16-19)28-17-18-10-5-4-6-11-18/h4-6,9-13,16,21H,7-8,14-15,17H2,1-3H3. The van der Waals surface area contributed by atoms with Crippen molar-refractivity contribution in [3.63, 3.8) is 0 Å². The first-order chi connectivity index (χ1) is 13.8. The van der Waals surface area contributed by atoms with Gasteiger partial charge in [-0.2, -0.15) is 0 Å². The Bertz CT molecular complexity index is 841. The Morgan fingerprint density at radius 1 is 1.03 bits per heavy atom. The van der Waals surface area contributed by atoms with Gasteiger partial charge in [-0.15, -0.1) is 0 Å². The maximum Gasteiger partial charge on any atom is 0.410 e. The number of carbonyl (C=O) groups excluding carboxylic acids is 2. The summed E-state index contributed by atoms with van der Waals surface area (Å²) in [6.07, 6.45) is 2.02. The molecule has 3 rings (SSSR count). The summed E-state index contributed by atoms with van der Waals surface area (Å²) in [7, 11) is 0. The zero-order valence-corrected chi connectivity index (χ0v) is 17.4. The molecule has 2 aromatic carbocycles. The van der Waals surface area contributed by atoms with Crippen LogP contribution in [-0.2, 0) is 11.3 Å². The Labute approximate surface area is 172 Å². The minimum Gasteiger partial charge on any atom is -0.489 e. The number of rotatable bonds is 5. The largest absolute Gasteiger partial charge is 0.489 e. The summed E-state index contributed by atoms with van der Waals surface area (Å²) in [5.41, 5.74) is 1.02. The van der Waals surface area contributed by atoms with Crippen molar-refractivity contribution in [2.75, 3.05) is 6.54 Å². The van der Waals surface area contributed by atoms with Gasteiger partial charge in [0.05, 0.1) is 6.04 Å². The number of amides is 1. The molecule has 5 heteroatoms. The summed E-state index contributed by atoms with van der Waals surface area (Å²) in [5.74, 6) is 0.569. The number of ketones is 1. The predicted molar refractivity (Wildman–Crippen MR) is 112 cm³/mol. The van der Waals surface area contributed by atoms with Gasteiger partial charge in [0.15, 0.2) is 5.78 Å². The van der Waals surface area contributed by atoms with Crippen LogP contribution >= 0.6 is 0 Å². The first-order valence-corrected chi connectivity index (χ1v) is 10.1. The Hall–Kier alpha value is -2.82. The Morgan fingerprint density at radius 2 is 1.79 bits per heavy atom. The molecule has 29 heavy (non-hydrogen) atoms. The molecule has 5 nitrogen and oxygen atoms in total. The maximum atomic E-state index is 13.2. The van der Waals surface area contributed by atoms with E-state index in [4.69, 9.17) is 9.47 Å². The third-order valence-electron chi connectivity index (χ3n) is 4.80. The van der Waals surface area contributed by atoms with Crippen LogP contribution in [0.15, 0.2) is 54.6 Å². The van der Waals surface area contributed by atoms with Crippen LogP contribution < -0.4 is 4.74 Å². The molecule has 0 aliphatic carbocycles. The van der Waals surface area contributed by atoms with E-state index in [0.29, 0.717) is 30.9 Å². The van der Waals surface area contributed by atoms with Crippen molar-refractivity contribution >= 4 is 11.9 Å². The minimum atomic E-state index is -0.590. The first-order valence-electron chi connectivity index (χ1n) is 10.1. The van der Waals surface area contributed by atoms with Crippen LogP contribution in [0.3, 0.4) is 0 Å². The fourth-order valence-electron chi connectivity index (χ4n) is 3.42. The number of likely N-dealkylation sites (tertiary alicyclic amines) is 1. The van der Waals surface area contributed by atoms with E-state index in [1.807, 2.05) is 63.2 Å². The number of piperidine rings is 1. The SMILES string of the molecule is CC(C)(C)OC(=O)N1CCCCC1C(=O)c1cccc(OCc2ccccc2)c1. The second kappa shape index (κ2) is 9.12. The number of Topliss-reactive ketones (excluding diaryl/α,β-unsaturated/α-hetero) is 1. The van der Waals surface area contributed by atoms with Gasteiger partial charge in [0, 0.05) is 12.1 Å². The average molecular weight is 395 g/mol. The molecule has 154 valence electrons. The molecule has 2 aromatic rings. The summed E-state index contributed by atoms with van der Waals surface area (Å²) >= 11 is 0. The number of hydrogen-bond donors (Lipinski definition) is 0. The van der Waals surface area contributed by atoms with Crippen LogP contribution in [-0.4, -0.2) is 35.0 Å². The normalized spacial score (nSPS) is 16.9. The van der Waals surface area contributed by atoms with Gasteiger partial charge in [0.2, 0.25) is 0 Å². The molecule has 1 aliphatic rings. The minimum absolute atomic E-state index is 0.0688. The van der Waals surface area contributed by atoms with Gasteiger partial charge in [0.25, 0.3) is 0 Å². The second-order valence-corrected chi connectivity index (χ2v) is 8.35. The van der Waals surface area contributed by atoms with Crippen LogP contribution in [0.1, 0.15) is 56.0 Å². The molecule has 1 unspecified atom stereocenters. The number of nitrogens with zero attached hydrogens (tertiary/aromatic N) is 1. The van der Waals surface area contributed by atoms with Crippen LogP contribution in [0.5, 0.6) is 5.75 Å². The van der Waals surface area contributed by atoms with Gasteiger partial charge < -0.3 is 9.47 Å². The van der Waals surface area contributed by atoms with Gasteiger partial charge in [0.1, 0.15) is 18.0 Å². The third-order valence-corrected chi connectivity index (χ3v) is 4.80. The topological polar surface area (TPSA) is 55.8 Å². The zero-order valence-electron chi connectivity index (χ0n) is 17.4. The highest BCUT2D eigenvalue weighted by Crippen LogP contribution is 2.25. The van der Waals surface area contributed by atoms with Crippen molar-refractivity contribution in [1.82, 2.24) is 4.90 Å². The lowest BCUT2D eigenvalue weighted by Crippen LogP contribution is -2.49. The molecule has 0 N–H and O–H groups in total. The Kier molecular flexibility index (Phi) is 6.57. The first kappa shape index (κ1) is 20.9. The number of benzene rings is 2. The summed E-state index contributed by atoms with van der Waals surface area (Å²) in [6, 6.07) is 16.6. The lowest BCUT2D eigenvalue weighted by atomic mass is 9.94. The van der Waals surface area contributed by atoms with Crippen molar-refractivity contribution in [2.24, 2.45) is 0 Å². The smallest absolute Gasteiger partial charge is 0.410 e. The summed E-state index contributed by atoms with van der Waals surface area (Å²) in [6.45, 7) is 6.47. The molecular formula is C24H29NO4. The van der Waals surface area contributed by atoms with Gasteiger partial charge in [-0.25, -0.2) is 4.79 Å². The highest BCUT2D eigenvalue weighted by Gasteiger charge is 2.35. The van der Waals surface area contributed by atoms with Crippen molar-refractivity contribution in [2.45, 2.75) is 58.3 Å². The average Bonchev–Trinajstić information content (AvgIpc) is 2.71. The molecule has 1 amide bonds. The monoisotopic (exact) mass is 395 g/mol. The highest BCUT2D eigenvalue weighted by molar-refractivity contribution is 6.01. The summed E-state index contributed by atoms with van der Waals surface area (Å²) in [4.78, 5) is 27.4. The zero-order chi connectivity index (χ0) is 20.9. The third kappa shape index (κ3) is 5.83. The van der Waals surface area contributed by atoms with Gasteiger partial charge in [-0.3, -0.25) is 9.69 Å². The molecule has 1 saturated heterocycles. The van der Waals surface area contributed by atoms with Crippen molar-refractivity contribution < 1.29 is 19.1 Å². The van der Waals surface area contributed by atoms with Crippen LogP contribution in [0.4, 0.5) is 4.79 Å². The molecule has 1 heterocycles. The fraction of sp³-hybridized carbons (Fsp3) is 0.417. The number of ether oxygens (including phenoxy) is 2. The van der Waals surface area contributed by atoms with E-state index in [9.17, 15) is 9.59 Å². The lowest BCUT2D eigenvalue weighted by molar-refractivity contribution is 0.0105. The van der Waals surface area contributed by atoms with E-state index in [1.165, 1.54) is 0 Å². The van der Waals surface area contributed by atoms with Crippen molar-refractivity contribution in [3.05, 3.63) is 65.7 Å². The Morgan fingerprint density at radius 3 is 2.52 bits per heavy atom. The number of carbonyl (C=O) groups is 2. The van der Waals surface area contributed by atoms with E-state index in [-0.39, 0.29) is 5.78 Å². The van der Waals surface area contributed by atoms with Gasteiger partial charge in [-0.05, 0) is 57.7 Å². The molecule has 1 atom stereocenters.